The second kappa shape index (κ2) is 5.31. The van der Waals surface area contributed by atoms with E-state index in [1.54, 1.807) is 14.1 Å². The first-order chi connectivity index (χ1) is 7.41. The summed E-state index contributed by atoms with van der Waals surface area (Å²) in [5.41, 5.74) is 0. The fourth-order valence-electron chi connectivity index (χ4n) is 1.23. The molecule has 1 unspecified atom stereocenters. The Kier molecular flexibility index (Phi) is 4.31. The van der Waals surface area contributed by atoms with Crippen molar-refractivity contribution in [1.29, 1.82) is 0 Å². The van der Waals surface area contributed by atoms with Crippen molar-refractivity contribution in [2.24, 2.45) is 4.99 Å². The average molecular weight is 245 g/mol. The highest BCUT2D eigenvalue weighted by molar-refractivity contribution is 8.14. The van der Waals surface area contributed by atoms with Crippen molar-refractivity contribution in [3.05, 3.63) is 0 Å². The number of hydrogen-bond acceptors (Lipinski definition) is 5. The maximum absolute atomic E-state index is 11.7. The number of aliphatic hydroxyl groups excluding tert-OH is 1. The van der Waals surface area contributed by atoms with Gasteiger partial charge in [-0.25, -0.2) is 0 Å². The number of nitrogens with one attached hydrogen (secondary N) is 1. The number of hydrogen-bond donors (Lipinski definition) is 2. The van der Waals surface area contributed by atoms with Crippen LogP contribution in [0.3, 0.4) is 0 Å². The number of rotatable bonds is 3. The number of aliphatic hydroxyl groups is 1. The van der Waals surface area contributed by atoms with Gasteiger partial charge < -0.3 is 15.3 Å². The van der Waals surface area contributed by atoms with Gasteiger partial charge in [0.1, 0.15) is 11.9 Å². The Morgan fingerprint density at radius 3 is 2.62 bits per heavy atom. The molecule has 7 heteroatoms. The lowest BCUT2D eigenvalue weighted by Crippen LogP contribution is -2.52. The molecule has 1 rings (SSSR count). The monoisotopic (exact) mass is 245 g/mol. The molecule has 0 aromatic heterocycles. The van der Waals surface area contributed by atoms with Crippen LogP contribution in [0.5, 0.6) is 0 Å². The summed E-state index contributed by atoms with van der Waals surface area (Å²) in [6, 6.07) is -0.764. The number of nitrogens with zero attached hydrogens (tertiary/aromatic N) is 2. The largest absolute Gasteiger partial charge is 0.391 e. The summed E-state index contributed by atoms with van der Waals surface area (Å²) in [5.74, 6) is 0.612. The van der Waals surface area contributed by atoms with Crippen LogP contribution in [0.15, 0.2) is 4.99 Å². The Hall–Kier alpha value is -1.08. The zero-order valence-corrected chi connectivity index (χ0v) is 10.2. The van der Waals surface area contributed by atoms with Gasteiger partial charge >= 0.3 is 5.24 Å². The molecule has 0 spiro atoms. The molecule has 0 saturated heterocycles. The molecule has 0 aromatic rings. The molecule has 0 radical (unpaired) electrons. The van der Waals surface area contributed by atoms with Crippen LogP contribution in [-0.2, 0) is 4.79 Å². The van der Waals surface area contributed by atoms with Crippen molar-refractivity contribution in [3.8, 4) is 0 Å². The van der Waals surface area contributed by atoms with Crippen molar-refractivity contribution >= 4 is 28.7 Å². The second-order valence-corrected chi connectivity index (χ2v) is 4.63. The minimum Gasteiger partial charge on any atom is -0.391 e. The predicted molar refractivity (Wildman–Crippen MR) is 62.6 cm³/mol. The molecule has 0 aromatic carbocycles. The van der Waals surface area contributed by atoms with E-state index >= 15 is 0 Å². The van der Waals surface area contributed by atoms with Crippen LogP contribution in [0, 0.1) is 0 Å². The molecule has 0 bridgehead atoms. The summed E-state index contributed by atoms with van der Waals surface area (Å²) in [5, 5.41) is 12.0. The number of thioether (sulfide) groups is 1. The lowest BCUT2D eigenvalue weighted by Gasteiger charge is -2.24. The van der Waals surface area contributed by atoms with Crippen LogP contribution >= 0.6 is 11.8 Å². The highest BCUT2D eigenvalue weighted by Crippen LogP contribution is 2.13. The zero-order valence-electron chi connectivity index (χ0n) is 9.43. The molecule has 6 nitrogen and oxygen atoms in total. The van der Waals surface area contributed by atoms with Crippen LogP contribution in [0.25, 0.3) is 0 Å². The number of likely N-dealkylation sites (N-methyl/N-ethyl adjacent to an activating group) is 1. The van der Waals surface area contributed by atoms with Crippen molar-refractivity contribution in [2.75, 3.05) is 19.8 Å². The van der Waals surface area contributed by atoms with Crippen molar-refractivity contribution in [3.63, 3.8) is 0 Å². The van der Waals surface area contributed by atoms with Crippen LogP contribution in [0.2, 0.25) is 0 Å². The summed E-state index contributed by atoms with van der Waals surface area (Å²) in [6.45, 7) is 1.52. The minimum absolute atomic E-state index is 0.248. The Labute approximate surface area is 98.1 Å². The Morgan fingerprint density at radius 1 is 1.62 bits per heavy atom. The van der Waals surface area contributed by atoms with Gasteiger partial charge in [-0.2, -0.15) is 4.99 Å². The van der Waals surface area contributed by atoms with Gasteiger partial charge in [-0.15, -0.1) is 0 Å². The Balaban J connectivity index is 2.69. The summed E-state index contributed by atoms with van der Waals surface area (Å²) in [6.07, 6.45) is -0.849. The van der Waals surface area contributed by atoms with E-state index in [2.05, 4.69) is 10.3 Å². The van der Waals surface area contributed by atoms with Crippen LogP contribution in [0.4, 0.5) is 4.79 Å². The quantitative estimate of drug-likeness (QED) is 0.712. The van der Waals surface area contributed by atoms with Crippen LogP contribution in [0.1, 0.15) is 6.92 Å². The first-order valence-corrected chi connectivity index (χ1v) is 5.80. The van der Waals surface area contributed by atoms with Crippen molar-refractivity contribution < 1.29 is 14.7 Å². The number of amides is 2. The van der Waals surface area contributed by atoms with Gasteiger partial charge in [0.15, 0.2) is 0 Å². The summed E-state index contributed by atoms with van der Waals surface area (Å²) in [4.78, 5) is 27.7. The molecule has 2 atom stereocenters. The first kappa shape index (κ1) is 13.0. The lowest BCUT2D eigenvalue weighted by molar-refractivity contribution is -0.132. The number of carbonyl (C=O) groups excluding carboxylic acids is 2. The highest BCUT2D eigenvalue weighted by atomic mass is 32.2. The fraction of sp³-hybridized carbons (Fsp3) is 0.667. The standard InChI is InChI=1S/C9H15N3O3S/c1-5(13)7(8(14)12(2)3)10-6-4-16-9(15)11-6/h5,7,13H,4H2,1-3H3,(H,10,11,15)/t5?,7-/m0/s1. The van der Waals surface area contributed by atoms with Gasteiger partial charge in [0.2, 0.25) is 5.91 Å². The molecule has 16 heavy (non-hydrogen) atoms. The smallest absolute Gasteiger partial charge is 0.306 e. The summed E-state index contributed by atoms with van der Waals surface area (Å²) < 4.78 is 0. The number of carbonyl (C=O) groups is 2. The SMILES string of the molecule is CC(O)[C@H](NC1=NC(=O)SC1)C(=O)N(C)C. The molecule has 1 heterocycles. The number of aliphatic imine (C=N–C) groups is 1. The molecule has 2 N–H and O–H groups in total. The molecule has 90 valence electrons. The van der Waals surface area contributed by atoms with E-state index in [1.807, 2.05) is 0 Å². The van der Waals surface area contributed by atoms with E-state index in [4.69, 9.17) is 0 Å². The topological polar surface area (TPSA) is 82.0 Å². The summed E-state index contributed by atoms with van der Waals surface area (Å²) in [7, 11) is 3.21. The molecular weight excluding hydrogens is 230 g/mol. The maximum Gasteiger partial charge on any atom is 0.306 e. The zero-order chi connectivity index (χ0) is 12.3. The summed E-state index contributed by atoms with van der Waals surface area (Å²) >= 11 is 1.07. The highest BCUT2D eigenvalue weighted by Gasteiger charge is 2.28. The molecular formula is C9H15N3O3S. The Morgan fingerprint density at radius 2 is 2.25 bits per heavy atom. The van der Waals surface area contributed by atoms with E-state index in [-0.39, 0.29) is 11.1 Å². The van der Waals surface area contributed by atoms with E-state index < -0.39 is 12.1 Å². The number of amidine groups is 1. The van der Waals surface area contributed by atoms with Gasteiger partial charge in [0, 0.05) is 14.1 Å². The third kappa shape index (κ3) is 3.21. The van der Waals surface area contributed by atoms with E-state index in [9.17, 15) is 14.7 Å². The molecule has 1 aliphatic rings. The molecule has 0 fully saturated rings. The van der Waals surface area contributed by atoms with Gasteiger partial charge in [-0.3, -0.25) is 9.59 Å². The minimum atomic E-state index is -0.849. The van der Waals surface area contributed by atoms with Crippen molar-refractivity contribution in [1.82, 2.24) is 10.2 Å². The third-order valence-corrected chi connectivity index (χ3v) is 2.83. The third-order valence-electron chi connectivity index (χ3n) is 2.07. The first-order valence-electron chi connectivity index (χ1n) is 4.82. The van der Waals surface area contributed by atoms with Gasteiger partial charge in [-0.05, 0) is 6.92 Å². The molecule has 1 aliphatic heterocycles. The van der Waals surface area contributed by atoms with E-state index in [0.717, 1.165) is 11.8 Å². The second-order valence-electron chi connectivity index (χ2n) is 3.71. The molecule has 0 saturated carbocycles. The Bertz CT molecular complexity index is 328. The molecule has 2 amide bonds. The van der Waals surface area contributed by atoms with E-state index in [0.29, 0.717) is 11.6 Å². The van der Waals surface area contributed by atoms with Gasteiger partial charge in [-0.1, -0.05) is 11.8 Å². The van der Waals surface area contributed by atoms with Gasteiger partial charge in [0.05, 0.1) is 11.9 Å². The van der Waals surface area contributed by atoms with Crippen molar-refractivity contribution in [2.45, 2.75) is 19.1 Å². The average Bonchev–Trinajstić information content (AvgIpc) is 2.59. The van der Waals surface area contributed by atoms with Crippen LogP contribution < -0.4 is 5.32 Å². The molecule has 0 aliphatic carbocycles. The maximum atomic E-state index is 11.7. The van der Waals surface area contributed by atoms with Gasteiger partial charge in [0.25, 0.3) is 0 Å². The predicted octanol–water partition coefficient (Wildman–Crippen LogP) is -0.321. The van der Waals surface area contributed by atoms with E-state index in [1.165, 1.54) is 11.8 Å². The fourth-order valence-corrected chi connectivity index (χ4v) is 1.81. The van der Waals surface area contributed by atoms with Crippen LogP contribution in [-0.4, -0.2) is 59.0 Å². The lowest BCUT2D eigenvalue weighted by atomic mass is 10.1. The normalized spacial score (nSPS) is 19.0.